The molecule has 1 aliphatic rings. The average Bonchev–Trinajstić information content (AvgIpc) is 3.21. The number of nitrogens with one attached hydrogen (secondary N) is 3. The Labute approximate surface area is 353 Å². The maximum atomic E-state index is 14.3. The van der Waals surface area contributed by atoms with Crippen molar-refractivity contribution in [2.75, 3.05) is 61.6 Å². The zero-order valence-electron chi connectivity index (χ0n) is 37.6. The molecule has 1 saturated heterocycles. The van der Waals surface area contributed by atoms with Crippen LogP contribution in [0.2, 0.25) is 0 Å². The van der Waals surface area contributed by atoms with Crippen LogP contribution < -0.4 is 16.0 Å². The van der Waals surface area contributed by atoms with E-state index in [0.29, 0.717) is 19.4 Å². The van der Waals surface area contributed by atoms with Gasteiger partial charge in [-0.1, -0.05) is 78.3 Å². The number of ether oxygens (including phenoxy) is 3. The predicted octanol–water partition coefficient (Wildman–Crippen LogP) is 3.19. The summed E-state index contributed by atoms with van der Waals surface area (Å²) < 4.78 is 17.1. The minimum absolute atomic E-state index is 0.00395. The van der Waals surface area contributed by atoms with Crippen LogP contribution >= 0.6 is 0 Å². The number of esters is 1. The van der Waals surface area contributed by atoms with Gasteiger partial charge in [-0.2, -0.15) is 0 Å². The molecule has 1 aromatic carbocycles. The number of benzene rings is 1. The molecule has 0 spiro atoms. The lowest BCUT2D eigenvalue weighted by molar-refractivity contribution is -0.149. The number of piperidine rings is 1. The highest BCUT2D eigenvalue weighted by atomic mass is 16.5. The number of rotatable bonds is 25. The molecule has 3 N–H and O–H groups in total. The van der Waals surface area contributed by atoms with Crippen LogP contribution in [0.1, 0.15) is 92.1 Å². The Balaban J connectivity index is 2.23. The summed E-state index contributed by atoms with van der Waals surface area (Å²) in [4.78, 5) is 85.1. The molecule has 1 aromatic rings. The van der Waals surface area contributed by atoms with Crippen LogP contribution in [0, 0.1) is 17.8 Å². The second kappa shape index (κ2) is 26.2. The van der Waals surface area contributed by atoms with E-state index < -0.39 is 36.3 Å². The first kappa shape index (κ1) is 51.1. The van der Waals surface area contributed by atoms with Crippen LogP contribution in [0.5, 0.6) is 0 Å². The number of hydrogen-bond donors (Lipinski definition) is 3. The van der Waals surface area contributed by atoms with Gasteiger partial charge in [0.25, 0.3) is 0 Å². The fourth-order valence-electron chi connectivity index (χ4n) is 8.07. The maximum absolute atomic E-state index is 14.3. The fourth-order valence-corrected chi connectivity index (χ4v) is 8.07. The van der Waals surface area contributed by atoms with E-state index in [1.165, 1.54) is 7.11 Å². The van der Waals surface area contributed by atoms with Crippen molar-refractivity contribution in [1.82, 2.24) is 30.7 Å². The molecule has 5 amide bonds. The Morgan fingerprint density at radius 3 is 2.14 bits per heavy atom. The second-order valence-electron chi connectivity index (χ2n) is 16.3. The van der Waals surface area contributed by atoms with Gasteiger partial charge < -0.3 is 40.0 Å². The molecule has 8 atom stereocenters. The minimum Gasteiger partial charge on any atom is -0.466 e. The molecule has 0 bridgehead atoms. The standard InChI is InChI=1S/C44H74N6O9/c1-12-30(5)40(49(9)37(52)28-46-44(56)39(29(3)4)48(7)8)35(57-10)27-36(51)50-24-18-17-22-34(50)41(58-11)31(6)42(54)47-33(26-32-20-15-14-16-21-32)43(55)45-23-19-25-59-38(53)13-2/h14-16,20-21,29-31,33-35,39-41H,12-13,17-19,22-28H2,1-11H3,(H,45,55)(H,46,56)(H,47,54)/t30-,31+,33-,34-,35+,39?,40-,41+/m0/s1. The summed E-state index contributed by atoms with van der Waals surface area (Å²) in [5.74, 6) is -2.45. The first-order chi connectivity index (χ1) is 28.0. The minimum atomic E-state index is -0.885. The summed E-state index contributed by atoms with van der Waals surface area (Å²) in [6, 6.07) is 7.25. The molecule has 0 radical (unpaired) electrons. The van der Waals surface area contributed by atoms with Crippen LogP contribution in [0.4, 0.5) is 0 Å². The largest absolute Gasteiger partial charge is 0.466 e. The first-order valence-electron chi connectivity index (χ1n) is 21.3. The molecule has 0 aromatic heterocycles. The number of likely N-dealkylation sites (tertiary alicyclic amines) is 1. The van der Waals surface area contributed by atoms with Crippen LogP contribution in [0.25, 0.3) is 0 Å². The molecule has 1 aliphatic heterocycles. The van der Waals surface area contributed by atoms with Crippen molar-refractivity contribution in [3.8, 4) is 0 Å². The number of nitrogens with zero attached hydrogens (tertiary/aromatic N) is 3. The summed E-state index contributed by atoms with van der Waals surface area (Å²) >= 11 is 0. The third-order valence-corrected chi connectivity index (χ3v) is 11.5. The van der Waals surface area contributed by atoms with Gasteiger partial charge in [0.05, 0.1) is 55.8 Å². The highest BCUT2D eigenvalue weighted by Gasteiger charge is 2.41. The first-order valence-corrected chi connectivity index (χ1v) is 21.3. The molecule has 2 rings (SSSR count). The number of amides is 5. The van der Waals surface area contributed by atoms with Crippen LogP contribution in [-0.4, -0.2) is 148 Å². The van der Waals surface area contributed by atoms with Gasteiger partial charge in [0.1, 0.15) is 6.04 Å². The maximum Gasteiger partial charge on any atom is 0.305 e. The van der Waals surface area contributed by atoms with Crippen molar-refractivity contribution >= 4 is 35.5 Å². The topological polar surface area (TPSA) is 176 Å². The highest BCUT2D eigenvalue weighted by molar-refractivity contribution is 5.89. The van der Waals surface area contributed by atoms with E-state index in [2.05, 4.69) is 16.0 Å². The summed E-state index contributed by atoms with van der Waals surface area (Å²) in [6.07, 6.45) is 2.60. The van der Waals surface area contributed by atoms with Crippen molar-refractivity contribution in [1.29, 1.82) is 0 Å². The lowest BCUT2D eigenvalue weighted by Gasteiger charge is -2.43. The lowest BCUT2D eigenvalue weighted by Crippen LogP contribution is -2.58. The van der Waals surface area contributed by atoms with Gasteiger partial charge in [0.15, 0.2) is 0 Å². The smallest absolute Gasteiger partial charge is 0.305 e. The van der Waals surface area contributed by atoms with Gasteiger partial charge in [-0.25, -0.2) is 0 Å². The summed E-state index contributed by atoms with van der Waals surface area (Å²) in [5.41, 5.74) is 0.870. The molecule has 1 unspecified atom stereocenters. The summed E-state index contributed by atoms with van der Waals surface area (Å²) in [5, 5.41) is 8.63. The number of carbonyl (C=O) groups excluding carboxylic acids is 6. The van der Waals surface area contributed by atoms with E-state index in [-0.39, 0.29) is 92.3 Å². The molecule has 15 heteroatoms. The molecule has 59 heavy (non-hydrogen) atoms. The van der Waals surface area contributed by atoms with E-state index in [9.17, 15) is 28.8 Å². The van der Waals surface area contributed by atoms with Gasteiger partial charge in [-0.05, 0) is 57.2 Å². The Bertz CT molecular complexity index is 1470. The molecular formula is C44H74N6O9. The summed E-state index contributed by atoms with van der Waals surface area (Å²) in [7, 11) is 8.43. The van der Waals surface area contributed by atoms with E-state index in [0.717, 1.165) is 24.8 Å². The molecule has 0 aliphatic carbocycles. The summed E-state index contributed by atoms with van der Waals surface area (Å²) in [6.45, 7) is 12.2. The normalized spacial score (nSPS) is 17.8. The zero-order chi connectivity index (χ0) is 44.2. The van der Waals surface area contributed by atoms with Gasteiger partial charge in [0.2, 0.25) is 29.5 Å². The quantitative estimate of drug-likeness (QED) is 0.0981. The van der Waals surface area contributed by atoms with Crippen molar-refractivity contribution in [3.63, 3.8) is 0 Å². The molecule has 1 fully saturated rings. The van der Waals surface area contributed by atoms with E-state index in [1.807, 2.05) is 77.0 Å². The lowest BCUT2D eigenvalue weighted by atomic mass is 9.87. The van der Waals surface area contributed by atoms with Gasteiger partial charge >= 0.3 is 5.97 Å². The van der Waals surface area contributed by atoms with E-state index in [1.54, 1.807) is 37.8 Å². The van der Waals surface area contributed by atoms with E-state index >= 15 is 0 Å². The molecule has 15 nitrogen and oxygen atoms in total. The van der Waals surface area contributed by atoms with Gasteiger partial charge in [0, 0.05) is 47.2 Å². The van der Waals surface area contributed by atoms with Crippen molar-refractivity contribution < 1.29 is 43.0 Å². The fraction of sp³-hybridized carbons (Fsp3) is 0.727. The Morgan fingerprint density at radius 1 is 0.881 bits per heavy atom. The van der Waals surface area contributed by atoms with Crippen LogP contribution in [-0.2, 0) is 49.4 Å². The average molecular weight is 831 g/mol. The Morgan fingerprint density at radius 2 is 1.56 bits per heavy atom. The molecule has 334 valence electrons. The molecular weight excluding hydrogens is 757 g/mol. The predicted molar refractivity (Wildman–Crippen MR) is 227 cm³/mol. The Kier molecular flexibility index (Phi) is 22.7. The molecule has 0 saturated carbocycles. The molecule has 1 heterocycles. The van der Waals surface area contributed by atoms with Crippen LogP contribution in [0.3, 0.4) is 0 Å². The highest BCUT2D eigenvalue weighted by Crippen LogP contribution is 2.29. The van der Waals surface area contributed by atoms with Gasteiger partial charge in [-0.3, -0.25) is 33.7 Å². The zero-order valence-corrected chi connectivity index (χ0v) is 37.6. The van der Waals surface area contributed by atoms with Crippen molar-refractivity contribution in [3.05, 3.63) is 35.9 Å². The third kappa shape index (κ3) is 15.8. The monoisotopic (exact) mass is 831 g/mol. The SMILES string of the molecule is CCC(=O)OCCCNC(=O)[C@H](Cc1ccccc1)NC(=O)[C@H](C)[C@@H](OC)[C@@H]1CCCCN1C(=O)C[C@@H](OC)[C@H]([C@@H](C)CC)N(C)C(=O)CNC(=O)C(C(C)C)N(C)C. The number of likely N-dealkylation sites (N-methyl/N-ethyl adjacent to an activating group) is 2. The van der Waals surface area contributed by atoms with Gasteiger partial charge in [-0.15, -0.1) is 0 Å². The Hall–Kier alpha value is -4.08. The van der Waals surface area contributed by atoms with E-state index in [4.69, 9.17) is 14.2 Å². The number of carbonyl (C=O) groups is 6. The number of methoxy groups -OCH3 is 2. The number of hydrogen-bond acceptors (Lipinski definition) is 10. The van der Waals surface area contributed by atoms with Crippen molar-refractivity contribution in [2.24, 2.45) is 17.8 Å². The van der Waals surface area contributed by atoms with Crippen molar-refractivity contribution in [2.45, 2.75) is 129 Å². The third-order valence-electron chi connectivity index (χ3n) is 11.5. The second-order valence-corrected chi connectivity index (χ2v) is 16.3. The van der Waals surface area contributed by atoms with Crippen LogP contribution in [0.15, 0.2) is 30.3 Å².